The molecule has 0 spiro atoms. The number of hydrogen-bond donors (Lipinski definition) is 1. The highest BCUT2D eigenvalue weighted by atomic mass is 15.2. The van der Waals surface area contributed by atoms with Crippen molar-refractivity contribution in [3.63, 3.8) is 0 Å². The summed E-state index contributed by atoms with van der Waals surface area (Å²) in [5.74, 6) is 0. The first-order chi connectivity index (χ1) is 9.24. The van der Waals surface area contributed by atoms with Gasteiger partial charge in [-0.2, -0.15) is 0 Å². The smallest absolute Gasteiger partial charge is 0.0346 e. The van der Waals surface area contributed by atoms with Crippen molar-refractivity contribution in [2.24, 2.45) is 0 Å². The first-order valence-electron chi connectivity index (χ1n) is 7.03. The Morgan fingerprint density at radius 1 is 1.26 bits per heavy atom. The summed E-state index contributed by atoms with van der Waals surface area (Å²) in [6.07, 6.45) is 3.96. The van der Waals surface area contributed by atoms with Crippen molar-refractivity contribution in [2.45, 2.75) is 32.5 Å². The largest absolute Gasteiger partial charge is 0.311 e. The van der Waals surface area contributed by atoms with Gasteiger partial charge in [0.05, 0.1) is 0 Å². The molecule has 3 heteroatoms. The summed E-state index contributed by atoms with van der Waals surface area (Å²) in [7, 11) is 0. The maximum atomic E-state index is 4.38. The van der Waals surface area contributed by atoms with Gasteiger partial charge in [-0.25, -0.2) is 0 Å². The standard InChI is InChI=1S/C16H21N3/c1-12-10-19(13(2)7-18-12)11-15-9-17-8-14-5-3-4-6-16(14)15/h3-6,8-9,12-13,18H,7,10-11H2,1-2H3. The molecule has 0 aliphatic carbocycles. The van der Waals surface area contributed by atoms with Gasteiger partial charge in [0.1, 0.15) is 0 Å². The summed E-state index contributed by atoms with van der Waals surface area (Å²) in [4.78, 5) is 6.93. The molecule has 100 valence electrons. The van der Waals surface area contributed by atoms with Gasteiger partial charge in [-0.15, -0.1) is 0 Å². The molecule has 19 heavy (non-hydrogen) atoms. The summed E-state index contributed by atoms with van der Waals surface area (Å²) in [6, 6.07) is 9.66. The van der Waals surface area contributed by atoms with E-state index in [4.69, 9.17) is 0 Å². The van der Waals surface area contributed by atoms with Crippen LogP contribution in [0.5, 0.6) is 0 Å². The molecule has 1 saturated heterocycles. The van der Waals surface area contributed by atoms with Crippen LogP contribution >= 0.6 is 0 Å². The van der Waals surface area contributed by atoms with Crippen molar-refractivity contribution in [3.05, 3.63) is 42.2 Å². The summed E-state index contributed by atoms with van der Waals surface area (Å²) in [6.45, 7) is 7.70. The summed E-state index contributed by atoms with van der Waals surface area (Å²) in [5, 5.41) is 6.09. The third-order valence-electron chi connectivity index (χ3n) is 4.02. The number of hydrogen-bond acceptors (Lipinski definition) is 3. The monoisotopic (exact) mass is 255 g/mol. The van der Waals surface area contributed by atoms with Crippen molar-refractivity contribution in [1.29, 1.82) is 0 Å². The molecule has 0 amide bonds. The fourth-order valence-corrected chi connectivity index (χ4v) is 2.84. The number of piperazine rings is 1. The van der Waals surface area contributed by atoms with Crippen molar-refractivity contribution in [3.8, 4) is 0 Å². The lowest BCUT2D eigenvalue weighted by Gasteiger charge is -2.37. The van der Waals surface area contributed by atoms with E-state index >= 15 is 0 Å². The lowest BCUT2D eigenvalue weighted by atomic mass is 10.1. The predicted molar refractivity (Wildman–Crippen MR) is 79.1 cm³/mol. The number of fused-ring (bicyclic) bond motifs is 1. The number of pyridine rings is 1. The number of nitrogens with one attached hydrogen (secondary N) is 1. The van der Waals surface area contributed by atoms with Crippen LogP contribution in [0.15, 0.2) is 36.7 Å². The van der Waals surface area contributed by atoms with Gasteiger partial charge in [0.2, 0.25) is 0 Å². The summed E-state index contributed by atoms with van der Waals surface area (Å²) in [5.41, 5.74) is 1.33. The molecular weight excluding hydrogens is 234 g/mol. The van der Waals surface area contributed by atoms with Gasteiger partial charge in [0, 0.05) is 49.5 Å². The van der Waals surface area contributed by atoms with Crippen LogP contribution in [0.3, 0.4) is 0 Å². The van der Waals surface area contributed by atoms with E-state index in [2.05, 4.69) is 53.3 Å². The molecule has 0 saturated carbocycles. The van der Waals surface area contributed by atoms with Crippen LogP contribution in [0.4, 0.5) is 0 Å². The molecule has 1 aromatic heterocycles. The molecule has 2 unspecified atom stereocenters. The number of rotatable bonds is 2. The SMILES string of the molecule is CC1CN(Cc2cncc3ccccc23)C(C)CN1. The average Bonchev–Trinajstić information content (AvgIpc) is 2.43. The second-order valence-corrected chi connectivity index (χ2v) is 5.61. The van der Waals surface area contributed by atoms with Crippen molar-refractivity contribution in [2.75, 3.05) is 13.1 Å². The Morgan fingerprint density at radius 3 is 3.00 bits per heavy atom. The molecule has 3 nitrogen and oxygen atoms in total. The van der Waals surface area contributed by atoms with Gasteiger partial charge in [0.25, 0.3) is 0 Å². The second-order valence-electron chi connectivity index (χ2n) is 5.61. The fraction of sp³-hybridized carbons (Fsp3) is 0.438. The van der Waals surface area contributed by atoms with Crippen LogP contribution in [0.25, 0.3) is 10.8 Å². The van der Waals surface area contributed by atoms with E-state index < -0.39 is 0 Å². The average molecular weight is 255 g/mol. The van der Waals surface area contributed by atoms with Crippen molar-refractivity contribution < 1.29 is 0 Å². The van der Waals surface area contributed by atoms with Crippen molar-refractivity contribution in [1.82, 2.24) is 15.2 Å². The molecule has 2 aromatic rings. The summed E-state index contributed by atoms with van der Waals surface area (Å²) < 4.78 is 0. The van der Waals surface area contributed by atoms with E-state index in [1.165, 1.54) is 16.3 Å². The Labute approximate surface area is 114 Å². The Morgan fingerprint density at radius 2 is 2.11 bits per heavy atom. The minimum absolute atomic E-state index is 0.569. The van der Waals surface area contributed by atoms with Gasteiger partial charge in [-0.3, -0.25) is 9.88 Å². The lowest BCUT2D eigenvalue weighted by Crippen LogP contribution is -2.53. The number of nitrogens with zero attached hydrogens (tertiary/aromatic N) is 2. The molecule has 2 atom stereocenters. The first kappa shape index (κ1) is 12.6. The van der Waals surface area contributed by atoms with Crippen LogP contribution in [0.1, 0.15) is 19.4 Å². The molecule has 1 N–H and O–H groups in total. The minimum Gasteiger partial charge on any atom is -0.311 e. The topological polar surface area (TPSA) is 28.2 Å². The highest BCUT2D eigenvalue weighted by Crippen LogP contribution is 2.20. The molecule has 0 radical (unpaired) electrons. The molecule has 2 heterocycles. The minimum atomic E-state index is 0.569. The third-order valence-corrected chi connectivity index (χ3v) is 4.02. The Kier molecular flexibility index (Phi) is 3.49. The van der Waals surface area contributed by atoms with E-state index in [0.717, 1.165) is 19.6 Å². The Bertz CT molecular complexity index is 561. The normalized spacial score (nSPS) is 24.7. The van der Waals surface area contributed by atoms with Crippen LogP contribution < -0.4 is 5.32 Å². The van der Waals surface area contributed by atoms with Gasteiger partial charge in [0.15, 0.2) is 0 Å². The van der Waals surface area contributed by atoms with Crippen molar-refractivity contribution >= 4 is 10.8 Å². The molecule has 3 rings (SSSR count). The van der Waals surface area contributed by atoms with Crippen LogP contribution in [0, 0.1) is 0 Å². The summed E-state index contributed by atoms with van der Waals surface area (Å²) >= 11 is 0. The zero-order chi connectivity index (χ0) is 13.2. The Balaban J connectivity index is 1.88. The maximum absolute atomic E-state index is 4.38. The second kappa shape index (κ2) is 5.27. The van der Waals surface area contributed by atoms with E-state index in [1.807, 2.05) is 12.4 Å². The van der Waals surface area contributed by atoms with Crippen LogP contribution in [-0.4, -0.2) is 35.1 Å². The molecule has 0 bridgehead atoms. The molecule has 1 fully saturated rings. The highest BCUT2D eigenvalue weighted by Gasteiger charge is 2.22. The van der Waals surface area contributed by atoms with Gasteiger partial charge >= 0.3 is 0 Å². The van der Waals surface area contributed by atoms with E-state index in [1.54, 1.807) is 0 Å². The molecule has 1 aromatic carbocycles. The molecule has 1 aliphatic heterocycles. The zero-order valence-electron chi connectivity index (χ0n) is 11.6. The highest BCUT2D eigenvalue weighted by molar-refractivity contribution is 5.84. The number of benzene rings is 1. The zero-order valence-corrected chi connectivity index (χ0v) is 11.6. The van der Waals surface area contributed by atoms with Gasteiger partial charge in [-0.05, 0) is 24.8 Å². The third kappa shape index (κ3) is 2.62. The molecular formula is C16H21N3. The van der Waals surface area contributed by atoms with Crippen LogP contribution in [0.2, 0.25) is 0 Å². The van der Waals surface area contributed by atoms with Crippen LogP contribution in [-0.2, 0) is 6.54 Å². The van der Waals surface area contributed by atoms with Gasteiger partial charge in [-0.1, -0.05) is 24.3 Å². The van der Waals surface area contributed by atoms with Gasteiger partial charge < -0.3 is 5.32 Å². The maximum Gasteiger partial charge on any atom is 0.0346 e. The number of aromatic nitrogens is 1. The van der Waals surface area contributed by atoms with E-state index in [9.17, 15) is 0 Å². The quantitative estimate of drug-likeness (QED) is 0.893. The predicted octanol–water partition coefficient (Wildman–Crippen LogP) is 2.42. The fourth-order valence-electron chi connectivity index (χ4n) is 2.84. The molecule has 1 aliphatic rings. The van der Waals surface area contributed by atoms with E-state index in [0.29, 0.717) is 12.1 Å². The van der Waals surface area contributed by atoms with E-state index in [-0.39, 0.29) is 0 Å². The Hall–Kier alpha value is -1.45. The lowest BCUT2D eigenvalue weighted by molar-refractivity contribution is 0.139. The first-order valence-corrected chi connectivity index (χ1v) is 7.03.